The summed E-state index contributed by atoms with van der Waals surface area (Å²) in [5.41, 5.74) is 22.1. The van der Waals surface area contributed by atoms with Crippen LogP contribution in [0.2, 0.25) is 0 Å². The van der Waals surface area contributed by atoms with E-state index in [2.05, 4.69) is 70.6 Å². The van der Waals surface area contributed by atoms with Crippen LogP contribution in [0, 0.1) is 0 Å². The fourth-order valence-corrected chi connectivity index (χ4v) is 5.06. The first-order valence-electron chi connectivity index (χ1n) is 12.5. The van der Waals surface area contributed by atoms with Gasteiger partial charge in [0.05, 0.1) is 23.1 Å². The van der Waals surface area contributed by atoms with E-state index in [9.17, 15) is 0 Å². The van der Waals surface area contributed by atoms with Crippen molar-refractivity contribution in [2.45, 2.75) is 18.5 Å². The Morgan fingerprint density at radius 3 is 1.32 bits per heavy atom. The quantitative estimate of drug-likeness (QED) is 0.286. The average molecular weight is 481 g/mol. The Kier molecular flexibility index (Phi) is 6.19. The van der Waals surface area contributed by atoms with Gasteiger partial charge in [-0.2, -0.15) is 0 Å². The monoisotopic (exact) mass is 480 g/mol. The number of fused-ring (bicyclic) bond motifs is 2. The standard InChI is InChI=1S/C33H28N4/c34-32(28-17-19-36-30-7-3-1-5-26(28)30)24-13-9-22(10-14-24)21-23-11-15-25(16-12-23)33(35)29-18-20-37-31-8-4-2-6-27(29)31/h1-20,32-33H,21,34-35H2. The molecule has 4 aromatic carbocycles. The van der Waals surface area contributed by atoms with Gasteiger partial charge in [-0.1, -0.05) is 84.9 Å². The molecule has 6 rings (SSSR count). The predicted octanol–water partition coefficient (Wildman–Crippen LogP) is 6.47. The summed E-state index contributed by atoms with van der Waals surface area (Å²) in [7, 11) is 0. The Morgan fingerprint density at radius 2 is 0.892 bits per heavy atom. The molecule has 0 saturated heterocycles. The van der Waals surface area contributed by atoms with Crippen molar-refractivity contribution in [1.82, 2.24) is 9.97 Å². The first-order valence-corrected chi connectivity index (χ1v) is 12.5. The normalized spacial score (nSPS) is 13.0. The van der Waals surface area contributed by atoms with Crippen molar-refractivity contribution in [3.63, 3.8) is 0 Å². The van der Waals surface area contributed by atoms with E-state index in [0.29, 0.717) is 0 Å². The fourth-order valence-electron chi connectivity index (χ4n) is 5.06. The molecular formula is C33H28N4. The lowest BCUT2D eigenvalue weighted by Crippen LogP contribution is -2.13. The van der Waals surface area contributed by atoms with Gasteiger partial charge in [-0.15, -0.1) is 0 Å². The molecule has 0 saturated carbocycles. The summed E-state index contributed by atoms with van der Waals surface area (Å²) in [5, 5.41) is 2.19. The molecule has 4 heteroatoms. The molecule has 37 heavy (non-hydrogen) atoms. The third kappa shape index (κ3) is 4.60. The van der Waals surface area contributed by atoms with E-state index in [1.54, 1.807) is 0 Å². The van der Waals surface area contributed by atoms with Gasteiger partial charge < -0.3 is 11.5 Å². The zero-order valence-electron chi connectivity index (χ0n) is 20.5. The van der Waals surface area contributed by atoms with Gasteiger partial charge in [-0.3, -0.25) is 9.97 Å². The molecule has 0 fully saturated rings. The highest BCUT2D eigenvalue weighted by atomic mass is 14.7. The molecule has 4 nitrogen and oxygen atoms in total. The van der Waals surface area contributed by atoms with Crippen molar-refractivity contribution < 1.29 is 0 Å². The number of benzene rings is 4. The SMILES string of the molecule is NC(c1ccc(Cc2ccc(C(N)c3ccnc4ccccc34)cc2)cc1)c1ccnc2ccccc12. The number of hydrogen-bond donors (Lipinski definition) is 2. The van der Waals surface area contributed by atoms with Crippen LogP contribution in [0.1, 0.15) is 45.5 Å². The van der Waals surface area contributed by atoms with E-state index in [4.69, 9.17) is 11.5 Å². The first-order chi connectivity index (χ1) is 18.2. The van der Waals surface area contributed by atoms with Crippen molar-refractivity contribution in [2.24, 2.45) is 11.5 Å². The molecule has 0 radical (unpaired) electrons. The summed E-state index contributed by atoms with van der Waals surface area (Å²) in [6.07, 6.45) is 4.51. The molecule has 2 atom stereocenters. The molecule has 0 aliphatic carbocycles. The summed E-state index contributed by atoms with van der Waals surface area (Å²) in [4.78, 5) is 8.92. The van der Waals surface area contributed by atoms with Gasteiger partial charge in [-0.05, 0) is 64.1 Å². The topological polar surface area (TPSA) is 77.8 Å². The number of rotatable bonds is 6. The minimum Gasteiger partial charge on any atom is -0.320 e. The number of nitrogens with zero attached hydrogens (tertiary/aromatic N) is 2. The molecule has 0 aliphatic rings. The maximum absolute atomic E-state index is 6.67. The van der Waals surface area contributed by atoms with Crippen molar-refractivity contribution in [3.05, 3.63) is 155 Å². The van der Waals surface area contributed by atoms with Crippen LogP contribution in [0.4, 0.5) is 0 Å². The molecule has 0 bridgehead atoms. The van der Waals surface area contributed by atoms with Crippen molar-refractivity contribution in [3.8, 4) is 0 Å². The van der Waals surface area contributed by atoms with Crippen LogP contribution in [0.3, 0.4) is 0 Å². The van der Waals surface area contributed by atoms with Gasteiger partial charge >= 0.3 is 0 Å². The number of pyridine rings is 2. The van der Waals surface area contributed by atoms with Crippen LogP contribution in [0.25, 0.3) is 21.8 Å². The Labute approximate surface area is 216 Å². The van der Waals surface area contributed by atoms with Crippen LogP contribution in [0.15, 0.2) is 122 Å². The van der Waals surface area contributed by atoms with Gasteiger partial charge in [0.1, 0.15) is 0 Å². The van der Waals surface area contributed by atoms with Gasteiger partial charge in [0.2, 0.25) is 0 Å². The molecule has 2 aromatic heterocycles. The molecule has 0 aliphatic heterocycles. The largest absolute Gasteiger partial charge is 0.320 e. The number of para-hydroxylation sites is 2. The lowest BCUT2D eigenvalue weighted by Gasteiger charge is -2.16. The van der Waals surface area contributed by atoms with Crippen molar-refractivity contribution in [2.75, 3.05) is 0 Å². The Morgan fingerprint density at radius 1 is 0.486 bits per heavy atom. The zero-order chi connectivity index (χ0) is 25.2. The number of nitrogens with two attached hydrogens (primary N) is 2. The molecule has 2 heterocycles. The average Bonchev–Trinajstić information content (AvgIpc) is 2.96. The number of aromatic nitrogens is 2. The summed E-state index contributed by atoms with van der Waals surface area (Å²) in [6, 6.07) is 37.1. The highest BCUT2D eigenvalue weighted by molar-refractivity contribution is 5.83. The van der Waals surface area contributed by atoms with Crippen LogP contribution in [0.5, 0.6) is 0 Å². The van der Waals surface area contributed by atoms with Crippen LogP contribution in [-0.2, 0) is 6.42 Å². The lowest BCUT2D eigenvalue weighted by molar-refractivity contribution is 0.875. The summed E-state index contributed by atoms with van der Waals surface area (Å²) >= 11 is 0. The minimum absolute atomic E-state index is 0.202. The highest BCUT2D eigenvalue weighted by Gasteiger charge is 2.14. The predicted molar refractivity (Wildman–Crippen MR) is 151 cm³/mol. The molecule has 0 amide bonds. The van der Waals surface area contributed by atoms with E-state index >= 15 is 0 Å². The van der Waals surface area contributed by atoms with E-state index in [0.717, 1.165) is 50.5 Å². The second kappa shape index (κ2) is 9.94. The molecule has 0 spiro atoms. The van der Waals surface area contributed by atoms with Gasteiger partial charge in [-0.25, -0.2) is 0 Å². The molecule has 180 valence electrons. The Balaban J connectivity index is 1.18. The van der Waals surface area contributed by atoms with Crippen molar-refractivity contribution in [1.29, 1.82) is 0 Å². The highest BCUT2D eigenvalue weighted by Crippen LogP contribution is 2.28. The van der Waals surface area contributed by atoms with E-state index in [1.807, 2.05) is 60.9 Å². The summed E-state index contributed by atoms with van der Waals surface area (Å²) in [5.74, 6) is 0. The summed E-state index contributed by atoms with van der Waals surface area (Å²) < 4.78 is 0. The van der Waals surface area contributed by atoms with Crippen LogP contribution >= 0.6 is 0 Å². The van der Waals surface area contributed by atoms with Crippen LogP contribution in [-0.4, -0.2) is 9.97 Å². The lowest BCUT2D eigenvalue weighted by atomic mass is 9.93. The fraction of sp³-hybridized carbons (Fsp3) is 0.0909. The van der Waals surface area contributed by atoms with Crippen LogP contribution < -0.4 is 11.5 Å². The zero-order valence-corrected chi connectivity index (χ0v) is 20.5. The molecule has 4 N–H and O–H groups in total. The second-order valence-electron chi connectivity index (χ2n) is 9.45. The van der Waals surface area contributed by atoms with E-state index < -0.39 is 0 Å². The first kappa shape index (κ1) is 23.0. The van der Waals surface area contributed by atoms with Gasteiger partial charge in [0.15, 0.2) is 0 Å². The maximum Gasteiger partial charge on any atom is 0.0705 e. The Hall–Kier alpha value is -4.38. The van der Waals surface area contributed by atoms with E-state index in [1.165, 1.54) is 11.1 Å². The van der Waals surface area contributed by atoms with E-state index in [-0.39, 0.29) is 12.1 Å². The Bertz CT molecular complexity index is 1540. The number of hydrogen-bond acceptors (Lipinski definition) is 4. The smallest absolute Gasteiger partial charge is 0.0705 e. The van der Waals surface area contributed by atoms with Gasteiger partial charge in [0, 0.05) is 23.2 Å². The van der Waals surface area contributed by atoms with Gasteiger partial charge in [0.25, 0.3) is 0 Å². The maximum atomic E-state index is 6.67. The molecule has 6 aromatic rings. The van der Waals surface area contributed by atoms with Crippen molar-refractivity contribution >= 4 is 21.8 Å². The third-order valence-corrected chi connectivity index (χ3v) is 7.12. The second-order valence-corrected chi connectivity index (χ2v) is 9.45. The summed E-state index contributed by atoms with van der Waals surface area (Å²) in [6.45, 7) is 0. The molecular weight excluding hydrogens is 452 g/mol. The molecule has 2 unspecified atom stereocenters. The third-order valence-electron chi connectivity index (χ3n) is 7.12. The minimum atomic E-state index is -0.202.